The number of carbonyl (C=O) groups excluding carboxylic acids is 1. The molecule has 2 heterocycles. The van der Waals surface area contributed by atoms with Gasteiger partial charge < -0.3 is 4.90 Å². The quantitative estimate of drug-likeness (QED) is 0.648. The normalized spacial score (nSPS) is 20.6. The van der Waals surface area contributed by atoms with Gasteiger partial charge in [-0.15, -0.1) is 0 Å². The Morgan fingerprint density at radius 3 is 2.71 bits per heavy atom. The van der Waals surface area contributed by atoms with Crippen molar-refractivity contribution in [2.75, 3.05) is 13.1 Å². The Hall–Kier alpha value is -2.59. The SMILES string of the molecule is CCc1cccc(CC2CCC3=C(C2)C(=O)N(Cc2ccc(Cl)cc2)C2=NCCN23)c1. The van der Waals surface area contributed by atoms with Gasteiger partial charge in [0.05, 0.1) is 13.1 Å². The molecule has 2 aromatic carbocycles. The molecule has 0 N–H and O–H groups in total. The van der Waals surface area contributed by atoms with Crippen molar-refractivity contribution in [2.45, 2.75) is 45.6 Å². The van der Waals surface area contributed by atoms with E-state index in [4.69, 9.17) is 11.6 Å². The summed E-state index contributed by atoms with van der Waals surface area (Å²) in [5.74, 6) is 1.47. The molecule has 0 spiro atoms. The predicted molar refractivity (Wildman–Crippen MR) is 125 cm³/mol. The van der Waals surface area contributed by atoms with Gasteiger partial charge in [-0.1, -0.05) is 54.9 Å². The topological polar surface area (TPSA) is 35.9 Å². The zero-order chi connectivity index (χ0) is 21.4. The van der Waals surface area contributed by atoms with E-state index in [9.17, 15) is 4.79 Å². The summed E-state index contributed by atoms with van der Waals surface area (Å²) in [6, 6.07) is 16.6. The van der Waals surface area contributed by atoms with E-state index in [2.05, 4.69) is 41.1 Å². The molecule has 0 saturated carbocycles. The molecule has 0 radical (unpaired) electrons. The monoisotopic (exact) mass is 433 g/mol. The first-order valence-electron chi connectivity index (χ1n) is 11.3. The highest BCUT2D eigenvalue weighted by Crippen LogP contribution is 2.39. The van der Waals surface area contributed by atoms with Crippen LogP contribution in [-0.2, 0) is 24.2 Å². The summed E-state index contributed by atoms with van der Waals surface area (Å²) in [5, 5.41) is 0.709. The van der Waals surface area contributed by atoms with Crippen molar-refractivity contribution in [3.05, 3.63) is 81.5 Å². The number of guanidine groups is 1. The van der Waals surface area contributed by atoms with E-state index in [1.165, 1.54) is 16.8 Å². The first-order chi connectivity index (χ1) is 15.1. The maximum absolute atomic E-state index is 13.6. The largest absolute Gasteiger partial charge is 0.314 e. The number of aryl methyl sites for hydroxylation is 1. The zero-order valence-electron chi connectivity index (χ0n) is 18.0. The molecule has 1 aliphatic carbocycles. The number of amides is 1. The molecule has 31 heavy (non-hydrogen) atoms. The molecule has 5 rings (SSSR count). The average Bonchev–Trinajstić information content (AvgIpc) is 3.28. The number of hydrogen-bond acceptors (Lipinski definition) is 3. The summed E-state index contributed by atoms with van der Waals surface area (Å²) in [6.45, 7) is 4.36. The number of carbonyl (C=O) groups is 1. The fourth-order valence-corrected chi connectivity index (χ4v) is 5.21. The van der Waals surface area contributed by atoms with Crippen LogP contribution in [0.5, 0.6) is 0 Å². The lowest BCUT2D eigenvalue weighted by atomic mass is 9.81. The van der Waals surface area contributed by atoms with E-state index in [1.54, 1.807) is 0 Å². The van der Waals surface area contributed by atoms with Gasteiger partial charge in [-0.25, -0.2) is 0 Å². The summed E-state index contributed by atoms with van der Waals surface area (Å²) >= 11 is 6.04. The Morgan fingerprint density at radius 2 is 1.90 bits per heavy atom. The Kier molecular flexibility index (Phi) is 5.58. The second-order valence-corrected chi connectivity index (χ2v) is 9.20. The molecule has 2 aliphatic heterocycles. The van der Waals surface area contributed by atoms with Crippen molar-refractivity contribution < 1.29 is 4.79 Å². The zero-order valence-corrected chi connectivity index (χ0v) is 18.7. The van der Waals surface area contributed by atoms with Crippen LogP contribution in [0.25, 0.3) is 0 Å². The van der Waals surface area contributed by atoms with Crippen molar-refractivity contribution in [2.24, 2.45) is 10.9 Å². The third kappa shape index (κ3) is 4.01. The number of nitrogens with zero attached hydrogens (tertiary/aromatic N) is 3. The number of hydrogen-bond donors (Lipinski definition) is 0. The fraction of sp³-hybridized carbons (Fsp3) is 0.385. The molecular formula is C26H28ClN3O. The molecule has 160 valence electrons. The van der Waals surface area contributed by atoms with Crippen LogP contribution in [0, 0.1) is 5.92 Å². The molecule has 0 saturated heterocycles. The molecule has 0 bridgehead atoms. The van der Waals surface area contributed by atoms with Gasteiger partial charge in [0.1, 0.15) is 0 Å². The highest BCUT2D eigenvalue weighted by molar-refractivity contribution is 6.30. The lowest BCUT2D eigenvalue weighted by Gasteiger charge is -2.41. The summed E-state index contributed by atoms with van der Waals surface area (Å²) in [7, 11) is 0. The third-order valence-corrected chi connectivity index (χ3v) is 6.95. The number of benzene rings is 2. The smallest absolute Gasteiger partial charge is 0.258 e. The van der Waals surface area contributed by atoms with Gasteiger partial charge >= 0.3 is 0 Å². The van der Waals surface area contributed by atoms with E-state index in [-0.39, 0.29) is 5.91 Å². The number of fused-ring (bicyclic) bond motifs is 2. The first kappa shape index (κ1) is 20.3. The van der Waals surface area contributed by atoms with Crippen LogP contribution in [0.1, 0.15) is 42.9 Å². The molecule has 4 nitrogen and oxygen atoms in total. The second kappa shape index (κ2) is 8.51. The predicted octanol–water partition coefficient (Wildman–Crippen LogP) is 5.21. The van der Waals surface area contributed by atoms with E-state index >= 15 is 0 Å². The Bertz CT molecular complexity index is 1060. The number of halogens is 1. The summed E-state index contributed by atoms with van der Waals surface area (Å²) in [6.07, 6.45) is 5.04. The Morgan fingerprint density at radius 1 is 1.10 bits per heavy atom. The molecule has 0 fully saturated rings. The van der Waals surface area contributed by atoms with Gasteiger partial charge in [-0.05, 0) is 66.8 Å². The summed E-state index contributed by atoms with van der Waals surface area (Å²) in [5.41, 5.74) is 6.05. The van der Waals surface area contributed by atoms with Gasteiger partial charge in [0.2, 0.25) is 5.96 Å². The van der Waals surface area contributed by atoms with E-state index < -0.39 is 0 Å². The number of aliphatic imine (C=N–C) groups is 1. The Labute approximate surface area is 189 Å². The van der Waals surface area contributed by atoms with Crippen molar-refractivity contribution in [3.63, 3.8) is 0 Å². The average molecular weight is 434 g/mol. The molecule has 1 unspecified atom stereocenters. The minimum Gasteiger partial charge on any atom is -0.314 e. The van der Waals surface area contributed by atoms with E-state index in [1.807, 2.05) is 29.2 Å². The standard InChI is InChI=1S/C26H28ClN3O/c1-2-18-4-3-5-20(14-18)15-21-8-11-24-23(16-21)25(31)30(26-28-12-13-29(24)26)17-19-6-9-22(27)10-7-19/h3-7,9-10,14,21H,2,8,11-13,15-17H2,1H3. The molecular weight excluding hydrogens is 406 g/mol. The lowest BCUT2D eigenvalue weighted by Crippen LogP contribution is -2.51. The fourth-order valence-electron chi connectivity index (χ4n) is 5.08. The minimum absolute atomic E-state index is 0.133. The van der Waals surface area contributed by atoms with Crippen LogP contribution in [0.2, 0.25) is 5.02 Å². The van der Waals surface area contributed by atoms with Crippen molar-refractivity contribution in [1.82, 2.24) is 9.80 Å². The van der Waals surface area contributed by atoms with Gasteiger partial charge in [0.25, 0.3) is 5.91 Å². The minimum atomic E-state index is 0.133. The van der Waals surface area contributed by atoms with E-state index in [0.717, 1.165) is 62.3 Å². The van der Waals surface area contributed by atoms with Crippen LogP contribution in [-0.4, -0.2) is 34.8 Å². The molecule has 1 atom stereocenters. The van der Waals surface area contributed by atoms with Gasteiger partial charge in [0, 0.05) is 22.8 Å². The van der Waals surface area contributed by atoms with Crippen molar-refractivity contribution in [1.29, 1.82) is 0 Å². The molecule has 2 aromatic rings. The van der Waals surface area contributed by atoms with Gasteiger partial charge in [-0.2, -0.15) is 0 Å². The van der Waals surface area contributed by atoms with Crippen LogP contribution in [0.15, 0.2) is 64.8 Å². The number of rotatable bonds is 5. The summed E-state index contributed by atoms with van der Waals surface area (Å²) in [4.78, 5) is 22.5. The van der Waals surface area contributed by atoms with Crippen LogP contribution < -0.4 is 0 Å². The van der Waals surface area contributed by atoms with Gasteiger partial charge in [-0.3, -0.25) is 14.7 Å². The highest BCUT2D eigenvalue weighted by atomic mass is 35.5. The van der Waals surface area contributed by atoms with Crippen molar-refractivity contribution in [3.8, 4) is 0 Å². The molecule has 1 amide bonds. The van der Waals surface area contributed by atoms with Crippen LogP contribution in [0.3, 0.4) is 0 Å². The summed E-state index contributed by atoms with van der Waals surface area (Å²) < 4.78 is 0. The third-order valence-electron chi connectivity index (χ3n) is 6.70. The van der Waals surface area contributed by atoms with Crippen LogP contribution in [0.4, 0.5) is 0 Å². The lowest BCUT2D eigenvalue weighted by molar-refractivity contribution is -0.125. The van der Waals surface area contributed by atoms with Gasteiger partial charge in [0.15, 0.2) is 0 Å². The number of allylic oxidation sites excluding steroid dienone is 1. The maximum atomic E-state index is 13.6. The molecule has 3 aliphatic rings. The van der Waals surface area contributed by atoms with E-state index in [0.29, 0.717) is 17.5 Å². The van der Waals surface area contributed by atoms with Crippen LogP contribution >= 0.6 is 11.6 Å². The first-order valence-corrected chi connectivity index (χ1v) is 11.7. The maximum Gasteiger partial charge on any atom is 0.258 e. The highest BCUT2D eigenvalue weighted by Gasteiger charge is 2.41. The second-order valence-electron chi connectivity index (χ2n) is 8.76. The Balaban J connectivity index is 1.38. The van der Waals surface area contributed by atoms with Crippen molar-refractivity contribution >= 4 is 23.5 Å². The molecule has 0 aromatic heterocycles. The molecule has 5 heteroatoms.